The van der Waals surface area contributed by atoms with Crippen LogP contribution in [0.3, 0.4) is 0 Å². The summed E-state index contributed by atoms with van der Waals surface area (Å²) in [6, 6.07) is 10.6. The van der Waals surface area contributed by atoms with Gasteiger partial charge < -0.3 is 13.8 Å². The number of amides is 1. The number of likely N-dealkylation sites (tertiary alicyclic amines) is 1. The molecule has 1 aliphatic heterocycles. The van der Waals surface area contributed by atoms with Crippen LogP contribution in [0.15, 0.2) is 45.3 Å². The van der Waals surface area contributed by atoms with Gasteiger partial charge in [-0.3, -0.25) is 4.79 Å². The van der Waals surface area contributed by atoms with Gasteiger partial charge in [0.15, 0.2) is 11.6 Å². The number of piperidine rings is 1. The lowest BCUT2D eigenvalue weighted by molar-refractivity contribution is 0.0530. The van der Waals surface area contributed by atoms with Crippen LogP contribution < -0.4 is 0 Å². The normalized spacial score (nSPS) is 17.5. The van der Waals surface area contributed by atoms with Crippen molar-refractivity contribution in [2.75, 3.05) is 6.54 Å². The number of carbonyl (C=O) groups excluding carboxylic acids is 1. The predicted molar refractivity (Wildman–Crippen MR) is 95.8 cm³/mol. The van der Waals surface area contributed by atoms with Gasteiger partial charge in [0, 0.05) is 12.1 Å². The second kappa shape index (κ2) is 6.96. The summed E-state index contributed by atoms with van der Waals surface area (Å²) in [4.78, 5) is 19.1. The van der Waals surface area contributed by atoms with Gasteiger partial charge in [-0.1, -0.05) is 28.9 Å². The van der Waals surface area contributed by atoms with Crippen LogP contribution in [0.25, 0.3) is 11.3 Å². The molecule has 0 aliphatic carbocycles. The number of hydrogen-bond donors (Lipinski definition) is 0. The Balaban J connectivity index is 1.61. The molecule has 6 nitrogen and oxygen atoms in total. The average molecular weight is 372 g/mol. The van der Waals surface area contributed by atoms with Gasteiger partial charge >= 0.3 is 0 Å². The van der Waals surface area contributed by atoms with E-state index in [0.717, 1.165) is 24.8 Å². The molecular formula is C19H18ClN3O3. The minimum absolute atomic E-state index is 0.177. The number of halogens is 1. The highest BCUT2D eigenvalue weighted by Crippen LogP contribution is 2.33. The Kier molecular flexibility index (Phi) is 4.51. The van der Waals surface area contributed by atoms with Crippen molar-refractivity contribution in [2.24, 2.45) is 0 Å². The summed E-state index contributed by atoms with van der Waals surface area (Å²) in [5.74, 6) is 1.72. The molecule has 1 amide bonds. The quantitative estimate of drug-likeness (QED) is 0.669. The minimum Gasteiger partial charge on any atom is -0.451 e. The molecule has 0 N–H and O–H groups in total. The Morgan fingerprint density at radius 3 is 2.85 bits per heavy atom. The van der Waals surface area contributed by atoms with Crippen LogP contribution in [-0.4, -0.2) is 27.5 Å². The van der Waals surface area contributed by atoms with E-state index in [1.165, 1.54) is 0 Å². The summed E-state index contributed by atoms with van der Waals surface area (Å²) < 4.78 is 11.1. The Bertz CT molecular complexity index is 934. The summed E-state index contributed by atoms with van der Waals surface area (Å²) in [6.07, 6.45) is 2.75. The van der Waals surface area contributed by atoms with Crippen LogP contribution in [-0.2, 0) is 0 Å². The minimum atomic E-state index is -0.216. The second-order valence-electron chi connectivity index (χ2n) is 6.33. The molecule has 3 aromatic rings. The number of carbonyl (C=O) groups is 1. The highest BCUT2D eigenvalue weighted by Gasteiger charge is 2.33. The number of nitrogens with zero attached hydrogens (tertiary/aromatic N) is 3. The topological polar surface area (TPSA) is 72.4 Å². The lowest BCUT2D eigenvalue weighted by atomic mass is 10.0. The summed E-state index contributed by atoms with van der Waals surface area (Å²) in [7, 11) is 0. The SMILES string of the molecule is Cc1noc([C@H]2CCCCN2C(=O)c2ccc(-c3ccccc3Cl)o2)n1. The molecule has 26 heavy (non-hydrogen) atoms. The number of aromatic nitrogens is 2. The molecule has 0 unspecified atom stereocenters. The van der Waals surface area contributed by atoms with Crippen molar-refractivity contribution in [1.82, 2.24) is 15.0 Å². The molecule has 134 valence electrons. The van der Waals surface area contributed by atoms with Crippen molar-refractivity contribution in [3.63, 3.8) is 0 Å². The molecule has 0 bridgehead atoms. The lowest BCUT2D eigenvalue weighted by Gasteiger charge is -2.32. The second-order valence-corrected chi connectivity index (χ2v) is 6.74. The summed E-state index contributed by atoms with van der Waals surface area (Å²) in [5.41, 5.74) is 0.760. The highest BCUT2D eigenvalue weighted by molar-refractivity contribution is 6.33. The Hall–Kier alpha value is -2.60. The van der Waals surface area contributed by atoms with Gasteiger partial charge in [-0.15, -0.1) is 0 Å². The monoisotopic (exact) mass is 371 g/mol. The van der Waals surface area contributed by atoms with E-state index >= 15 is 0 Å². The van der Waals surface area contributed by atoms with E-state index in [1.807, 2.05) is 18.2 Å². The van der Waals surface area contributed by atoms with Gasteiger partial charge in [-0.25, -0.2) is 0 Å². The molecular weight excluding hydrogens is 354 g/mol. The van der Waals surface area contributed by atoms with Gasteiger partial charge in [0.1, 0.15) is 11.8 Å². The molecule has 0 spiro atoms. The Labute approximate surface area is 155 Å². The first-order valence-electron chi connectivity index (χ1n) is 8.59. The largest absolute Gasteiger partial charge is 0.451 e. The molecule has 2 aromatic heterocycles. The third kappa shape index (κ3) is 3.12. The number of aryl methyl sites for hydroxylation is 1. The zero-order chi connectivity index (χ0) is 18.1. The highest BCUT2D eigenvalue weighted by atomic mass is 35.5. The van der Waals surface area contributed by atoms with Crippen LogP contribution in [0.2, 0.25) is 5.02 Å². The number of furan rings is 1. The van der Waals surface area contributed by atoms with Crippen LogP contribution in [0.5, 0.6) is 0 Å². The average Bonchev–Trinajstić information content (AvgIpc) is 3.31. The van der Waals surface area contributed by atoms with Gasteiger partial charge in [0.05, 0.1) is 5.02 Å². The number of rotatable bonds is 3. The van der Waals surface area contributed by atoms with Crippen LogP contribution in [0.1, 0.15) is 47.6 Å². The van der Waals surface area contributed by atoms with E-state index in [4.69, 9.17) is 20.5 Å². The zero-order valence-electron chi connectivity index (χ0n) is 14.3. The Morgan fingerprint density at radius 1 is 1.23 bits per heavy atom. The van der Waals surface area contributed by atoms with E-state index < -0.39 is 0 Å². The molecule has 1 fully saturated rings. The Morgan fingerprint density at radius 2 is 2.08 bits per heavy atom. The molecule has 1 saturated heterocycles. The molecule has 3 heterocycles. The smallest absolute Gasteiger partial charge is 0.290 e. The fourth-order valence-electron chi connectivity index (χ4n) is 3.28. The van der Waals surface area contributed by atoms with Gasteiger partial charge in [0.25, 0.3) is 5.91 Å². The van der Waals surface area contributed by atoms with E-state index in [-0.39, 0.29) is 17.7 Å². The van der Waals surface area contributed by atoms with Gasteiger partial charge in [-0.05, 0) is 50.5 Å². The first-order valence-corrected chi connectivity index (χ1v) is 8.97. The van der Waals surface area contributed by atoms with Crippen LogP contribution in [0, 0.1) is 6.92 Å². The lowest BCUT2D eigenvalue weighted by Crippen LogP contribution is -2.38. The fraction of sp³-hybridized carbons (Fsp3) is 0.316. The van der Waals surface area contributed by atoms with Crippen molar-refractivity contribution in [3.05, 3.63) is 58.9 Å². The predicted octanol–water partition coefficient (Wildman–Crippen LogP) is 4.66. The van der Waals surface area contributed by atoms with Crippen LogP contribution in [0.4, 0.5) is 0 Å². The van der Waals surface area contributed by atoms with Gasteiger partial charge in [0.2, 0.25) is 5.89 Å². The van der Waals surface area contributed by atoms with Crippen molar-refractivity contribution in [1.29, 1.82) is 0 Å². The molecule has 1 atom stereocenters. The number of hydrogen-bond acceptors (Lipinski definition) is 5. The maximum absolute atomic E-state index is 13.0. The summed E-state index contributed by atoms with van der Waals surface area (Å²) in [5, 5.41) is 4.43. The zero-order valence-corrected chi connectivity index (χ0v) is 15.1. The standard InChI is InChI=1S/C19H18ClN3O3/c1-12-21-18(26-22-12)15-8-4-5-11-23(15)19(24)17-10-9-16(25-17)13-6-2-3-7-14(13)20/h2-3,6-7,9-10,15H,4-5,8,11H2,1H3/t15-/m1/s1. The summed E-state index contributed by atoms with van der Waals surface area (Å²) >= 11 is 6.22. The van der Waals surface area contributed by atoms with Crippen molar-refractivity contribution >= 4 is 17.5 Å². The fourth-order valence-corrected chi connectivity index (χ4v) is 3.51. The molecule has 0 saturated carbocycles. The first kappa shape index (κ1) is 16.8. The molecule has 0 radical (unpaired) electrons. The van der Waals surface area contributed by atoms with E-state index in [0.29, 0.717) is 29.0 Å². The maximum atomic E-state index is 13.0. The number of benzene rings is 1. The van der Waals surface area contributed by atoms with Crippen molar-refractivity contribution in [3.8, 4) is 11.3 Å². The van der Waals surface area contributed by atoms with Crippen LogP contribution >= 0.6 is 11.6 Å². The van der Waals surface area contributed by atoms with Crippen molar-refractivity contribution < 1.29 is 13.7 Å². The van der Waals surface area contributed by atoms with E-state index in [2.05, 4.69) is 10.1 Å². The van der Waals surface area contributed by atoms with E-state index in [9.17, 15) is 4.79 Å². The molecule has 7 heteroatoms. The third-order valence-corrected chi connectivity index (χ3v) is 4.88. The third-order valence-electron chi connectivity index (χ3n) is 4.55. The first-order chi connectivity index (χ1) is 12.6. The summed E-state index contributed by atoms with van der Waals surface area (Å²) in [6.45, 7) is 2.40. The van der Waals surface area contributed by atoms with Crippen molar-refractivity contribution in [2.45, 2.75) is 32.2 Å². The molecule has 1 aliphatic rings. The molecule has 1 aromatic carbocycles. The maximum Gasteiger partial charge on any atom is 0.290 e. The van der Waals surface area contributed by atoms with Gasteiger partial charge in [-0.2, -0.15) is 4.98 Å². The molecule has 4 rings (SSSR count). The van der Waals surface area contributed by atoms with E-state index in [1.54, 1.807) is 30.0 Å².